The molecule has 4 saturated carbocycles. The van der Waals surface area contributed by atoms with Crippen molar-refractivity contribution in [3.8, 4) is 0 Å². The lowest BCUT2D eigenvalue weighted by Crippen LogP contribution is -2.62. The van der Waals surface area contributed by atoms with Crippen LogP contribution in [0.3, 0.4) is 0 Å². The van der Waals surface area contributed by atoms with Gasteiger partial charge in [0.2, 0.25) is 0 Å². The summed E-state index contributed by atoms with van der Waals surface area (Å²) in [4.78, 5) is 16.6. The Morgan fingerprint density at radius 1 is 1.25 bits per heavy atom. The second-order valence-electron chi connectivity index (χ2n) is 7.72. The summed E-state index contributed by atoms with van der Waals surface area (Å²) in [7, 11) is 0. The highest BCUT2D eigenvalue weighted by Gasteiger charge is 2.56. The Kier molecular flexibility index (Phi) is 2.51. The zero-order valence-electron chi connectivity index (χ0n) is 12.1. The van der Waals surface area contributed by atoms with E-state index in [1.54, 1.807) is 12.3 Å². The van der Waals surface area contributed by atoms with Gasteiger partial charge < -0.3 is 5.32 Å². The van der Waals surface area contributed by atoms with Crippen LogP contribution in [0.1, 0.15) is 55.9 Å². The maximum Gasteiger partial charge on any atom is 0.270 e. The fraction of sp³-hybridized carbons (Fsp3) is 0.647. The predicted molar refractivity (Wildman–Crippen MR) is 77.2 cm³/mol. The molecule has 4 fully saturated rings. The lowest BCUT2D eigenvalue weighted by Gasteiger charge is -2.61. The van der Waals surface area contributed by atoms with Gasteiger partial charge in [-0.2, -0.15) is 0 Å². The van der Waals surface area contributed by atoms with E-state index >= 15 is 0 Å². The summed E-state index contributed by atoms with van der Waals surface area (Å²) in [6.07, 6.45) is 9.32. The minimum Gasteiger partial charge on any atom is -0.345 e. The van der Waals surface area contributed by atoms with Crippen molar-refractivity contribution in [2.75, 3.05) is 0 Å². The van der Waals surface area contributed by atoms with Crippen molar-refractivity contribution in [3.63, 3.8) is 0 Å². The van der Waals surface area contributed by atoms with Gasteiger partial charge in [-0.25, -0.2) is 0 Å². The number of nitrogens with zero attached hydrogens (tertiary/aromatic N) is 1. The SMILES string of the molecule is CC12CC3CC(C1)CC(NC(=O)c1ccccn1)(C3)C2. The van der Waals surface area contributed by atoms with E-state index in [0.29, 0.717) is 11.1 Å². The minimum absolute atomic E-state index is 0.0103. The van der Waals surface area contributed by atoms with Crippen molar-refractivity contribution >= 4 is 5.91 Å². The van der Waals surface area contributed by atoms with Gasteiger partial charge in [0, 0.05) is 11.7 Å². The topological polar surface area (TPSA) is 42.0 Å². The molecule has 2 unspecified atom stereocenters. The Bertz CT molecular complexity index is 525. The van der Waals surface area contributed by atoms with Crippen LogP contribution >= 0.6 is 0 Å². The van der Waals surface area contributed by atoms with Gasteiger partial charge in [0.05, 0.1) is 0 Å². The molecule has 5 rings (SSSR count). The van der Waals surface area contributed by atoms with Crippen LogP contribution < -0.4 is 5.32 Å². The number of carbonyl (C=O) groups excluding carboxylic acids is 1. The molecule has 4 bridgehead atoms. The quantitative estimate of drug-likeness (QED) is 0.897. The second kappa shape index (κ2) is 4.06. The average Bonchev–Trinajstić information content (AvgIpc) is 2.36. The maximum atomic E-state index is 12.5. The third kappa shape index (κ3) is 1.95. The molecular weight excluding hydrogens is 248 g/mol. The molecule has 3 heteroatoms. The van der Waals surface area contributed by atoms with Crippen LogP contribution in [0.4, 0.5) is 0 Å². The molecule has 2 atom stereocenters. The number of hydrogen-bond acceptors (Lipinski definition) is 2. The Hall–Kier alpha value is -1.38. The van der Waals surface area contributed by atoms with Crippen molar-refractivity contribution in [3.05, 3.63) is 30.1 Å². The first-order valence-electron chi connectivity index (χ1n) is 7.80. The third-order valence-corrected chi connectivity index (χ3v) is 5.63. The highest BCUT2D eigenvalue weighted by Crippen LogP contribution is 2.61. The number of rotatable bonds is 2. The van der Waals surface area contributed by atoms with Gasteiger partial charge in [0.1, 0.15) is 5.69 Å². The first-order valence-corrected chi connectivity index (χ1v) is 7.80. The molecule has 4 aliphatic carbocycles. The van der Waals surface area contributed by atoms with E-state index in [-0.39, 0.29) is 11.4 Å². The van der Waals surface area contributed by atoms with Gasteiger partial charge in [-0.15, -0.1) is 0 Å². The molecule has 0 saturated heterocycles. The Morgan fingerprint density at radius 3 is 2.60 bits per heavy atom. The molecule has 0 spiro atoms. The van der Waals surface area contributed by atoms with Crippen molar-refractivity contribution in [2.45, 2.75) is 51.0 Å². The van der Waals surface area contributed by atoms with Crippen LogP contribution in [0.2, 0.25) is 0 Å². The molecule has 106 valence electrons. The molecule has 0 radical (unpaired) electrons. The van der Waals surface area contributed by atoms with Gasteiger partial charge in [-0.3, -0.25) is 9.78 Å². The van der Waals surface area contributed by atoms with Crippen LogP contribution in [-0.2, 0) is 0 Å². The van der Waals surface area contributed by atoms with E-state index in [9.17, 15) is 4.79 Å². The van der Waals surface area contributed by atoms with Crippen LogP contribution in [0.15, 0.2) is 24.4 Å². The Balaban J connectivity index is 1.58. The van der Waals surface area contributed by atoms with Crippen molar-refractivity contribution < 1.29 is 4.79 Å². The molecule has 20 heavy (non-hydrogen) atoms. The van der Waals surface area contributed by atoms with Crippen LogP contribution in [0.25, 0.3) is 0 Å². The lowest BCUT2D eigenvalue weighted by atomic mass is 9.47. The number of aromatic nitrogens is 1. The molecule has 0 aromatic carbocycles. The van der Waals surface area contributed by atoms with E-state index in [2.05, 4.69) is 17.2 Å². The molecule has 1 aromatic rings. The second-order valence-corrected chi connectivity index (χ2v) is 7.72. The van der Waals surface area contributed by atoms with E-state index in [4.69, 9.17) is 0 Å². The zero-order valence-corrected chi connectivity index (χ0v) is 12.1. The monoisotopic (exact) mass is 270 g/mol. The largest absolute Gasteiger partial charge is 0.345 e. The van der Waals surface area contributed by atoms with Gasteiger partial charge in [0.25, 0.3) is 5.91 Å². The Morgan fingerprint density at radius 2 is 2.00 bits per heavy atom. The zero-order chi connectivity index (χ0) is 13.8. The van der Waals surface area contributed by atoms with Crippen LogP contribution in [-0.4, -0.2) is 16.4 Å². The number of carbonyl (C=O) groups is 1. The summed E-state index contributed by atoms with van der Waals surface area (Å²) in [6.45, 7) is 2.42. The highest BCUT2D eigenvalue weighted by atomic mass is 16.2. The van der Waals surface area contributed by atoms with Crippen LogP contribution in [0.5, 0.6) is 0 Å². The normalized spacial score (nSPS) is 41.6. The predicted octanol–water partition coefficient (Wildman–Crippen LogP) is 3.17. The smallest absolute Gasteiger partial charge is 0.270 e. The van der Waals surface area contributed by atoms with Gasteiger partial charge in [-0.1, -0.05) is 13.0 Å². The van der Waals surface area contributed by atoms with Gasteiger partial charge in [-0.05, 0) is 67.9 Å². The summed E-state index contributed by atoms with van der Waals surface area (Å²) in [5, 5.41) is 3.36. The summed E-state index contributed by atoms with van der Waals surface area (Å²) in [6, 6.07) is 5.53. The molecule has 3 nitrogen and oxygen atoms in total. The summed E-state index contributed by atoms with van der Waals surface area (Å²) >= 11 is 0. The minimum atomic E-state index is 0.0103. The summed E-state index contributed by atoms with van der Waals surface area (Å²) < 4.78 is 0. The summed E-state index contributed by atoms with van der Waals surface area (Å²) in [5.74, 6) is 1.66. The molecule has 1 N–H and O–H groups in total. The third-order valence-electron chi connectivity index (χ3n) is 5.63. The Labute approximate surface area is 120 Å². The first-order chi connectivity index (χ1) is 9.56. The van der Waals surface area contributed by atoms with Crippen molar-refractivity contribution in [1.82, 2.24) is 10.3 Å². The number of hydrogen-bond donors (Lipinski definition) is 1. The van der Waals surface area contributed by atoms with E-state index in [0.717, 1.165) is 18.3 Å². The van der Waals surface area contributed by atoms with Gasteiger partial charge in [0.15, 0.2) is 0 Å². The number of pyridine rings is 1. The van der Waals surface area contributed by atoms with Crippen molar-refractivity contribution in [1.29, 1.82) is 0 Å². The first kappa shape index (κ1) is 12.4. The fourth-order valence-electron chi connectivity index (χ4n) is 5.67. The number of nitrogens with one attached hydrogen (secondary N) is 1. The molecule has 1 amide bonds. The highest BCUT2D eigenvalue weighted by molar-refractivity contribution is 5.92. The van der Waals surface area contributed by atoms with Crippen LogP contribution in [0, 0.1) is 17.3 Å². The molecular formula is C17H22N2O. The standard InChI is InChI=1S/C17H22N2O/c1-16-7-12-6-13(8-16)10-17(9-12,11-16)19-15(20)14-4-2-3-5-18-14/h2-5,12-13H,6-11H2,1H3,(H,19,20). The average molecular weight is 270 g/mol. The number of amides is 1. The fourth-order valence-corrected chi connectivity index (χ4v) is 5.67. The molecule has 4 aliphatic rings. The summed E-state index contributed by atoms with van der Waals surface area (Å²) in [5.41, 5.74) is 1.06. The van der Waals surface area contributed by atoms with Gasteiger partial charge >= 0.3 is 0 Å². The molecule has 1 heterocycles. The molecule has 0 aliphatic heterocycles. The van der Waals surface area contributed by atoms with E-state index in [1.165, 1.54) is 32.1 Å². The maximum absolute atomic E-state index is 12.5. The van der Waals surface area contributed by atoms with Crippen molar-refractivity contribution in [2.24, 2.45) is 17.3 Å². The van der Waals surface area contributed by atoms with E-state index in [1.807, 2.05) is 12.1 Å². The van der Waals surface area contributed by atoms with E-state index < -0.39 is 0 Å². The molecule has 1 aromatic heterocycles. The lowest BCUT2D eigenvalue weighted by molar-refractivity contribution is -0.0680.